The number of para-hydroxylation sites is 1. The molecule has 21 heavy (non-hydrogen) atoms. The molecule has 0 amide bonds. The van der Waals surface area contributed by atoms with Gasteiger partial charge in [0.2, 0.25) is 0 Å². The lowest BCUT2D eigenvalue weighted by Crippen LogP contribution is -2.32. The fraction of sp³-hybridized carbons (Fsp3) is 0.353. The molecule has 1 aromatic heterocycles. The van der Waals surface area contributed by atoms with Gasteiger partial charge in [0.15, 0.2) is 0 Å². The summed E-state index contributed by atoms with van der Waals surface area (Å²) in [6, 6.07) is 13.8. The zero-order valence-electron chi connectivity index (χ0n) is 12.6. The van der Waals surface area contributed by atoms with Gasteiger partial charge in [0.05, 0.1) is 25.5 Å². The molecule has 4 nitrogen and oxygen atoms in total. The maximum atomic E-state index is 9.98. The maximum absolute atomic E-state index is 9.98. The molecule has 112 valence electrons. The molecule has 1 unspecified atom stereocenters. The molecule has 1 aromatic carbocycles. The molecular weight excluding hydrogens is 264 g/mol. The Kier molecular flexibility index (Phi) is 5.58. The van der Waals surface area contributed by atoms with Gasteiger partial charge in [-0.25, -0.2) is 0 Å². The van der Waals surface area contributed by atoms with Gasteiger partial charge in [-0.05, 0) is 24.6 Å². The Balaban J connectivity index is 2.19. The summed E-state index contributed by atoms with van der Waals surface area (Å²) in [7, 11) is 1.65. The Morgan fingerprint density at radius 2 is 2.00 bits per heavy atom. The van der Waals surface area contributed by atoms with Crippen molar-refractivity contribution in [2.45, 2.75) is 26.0 Å². The molecular formula is C17H22N2O2. The van der Waals surface area contributed by atoms with E-state index in [9.17, 15) is 5.11 Å². The molecule has 2 aromatic rings. The number of anilines is 1. The molecule has 1 heterocycles. The van der Waals surface area contributed by atoms with Crippen molar-refractivity contribution in [3.8, 4) is 5.75 Å². The second-order valence-electron chi connectivity index (χ2n) is 4.97. The molecule has 0 aliphatic rings. The lowest BCUT2D eigenvalue weighted by atomic mass is 10.2. The SMILES string of the molecule is CCC(O)CN(Cc1cc(OC)ccn1)c1ccccc1. The van der Waals surface area contributed by atoms with Crippen molar-refractivity contribution in [3.05, 3.63) is 54.4 Å². The summed E-state index contributed by atoms with van der Waals surface area (Å²) in [4.78, 5) is 6.52. The van der Waals surface area contributed by atoms with E-state index in [-0.39, 0.29) is 6.10 Å². The van der Waals surface area contributed by atoms with Gasteiger partial charge in [-0.15, -0.1) is 0 Å². The lowest BCUT2D eigenvalue weighted by Gasteiger charge is -2.26. The molecule has 0 aliphatic carbocycles. The van der Waals surface area contributed by atoms with Gasteiger partial charge >= 0.3 is 0 Å². The number of hydrogen-bond donors (Lipinski definition) is 1. The quantitative estimate of drug-likeness (QED) is 0.850. The minimum Gasteiger partial charge on any atom is -0.497 e. The van der Waals surface area contributed by atoms with E-state index in [0.29, 0.717) is 13.1 Å². The van der Waals surface area contributed by atoms with Crippen LogP contribution in [0.2, 0.25) is 0 Å². The number of aliphatic hydroxyl groups is 1. The first kappa shape index (κ1) is 15.3. The van der Waals surface area contributed by atoms with E-state index in [1.54, 1.807) is 13.3 Å². The van der Waals surface area contributed by atoms with Crippen molar-refractivity contribution >= 4 is 5.69 Å². The topological polar surface area (TPSA) is 45.6 Å². The highest BCUT2D eigenvalue weighted by atomic mass is 16.5. The monoisotopic (exact) mass is 286 g/mol. The van der Waals surface area contributed by atoms with Crippen LogP contribution in [0.1, 0.15) is 19.0 Å². The minimum absolute atomic E-state index is 0.351. The Bertz CT molecular complexity index is 545. The summed E-state index contributed by atoms with van der Waals surface area (Å²) in [6.45, 7) is 3.20. The highest BCUT2D eigenvalue weighted by molar-refractivity contribution is 5.46. The van der Waals surface area contributed by atoms with E-state index in [2.05, 4.69) is 9.88 Å². The molecule has 0 radical (unpaired) electrons. The lowest BCUT2D eigenvalue weighted by molar-refractivity contribution is 0.175. The van der Waals surface area contributed by atoms with Crippen LogP contribution in [0, 0.1) is 0 Å². The standard InChI is InChI=1S/C17H22N2O2/c1-3-16(20)13-19(15-7-5-4-6-8-15)12-14-11-17(21-2)9-10-18-14/h4-11,16,20H,3,12-13H2,1-2H3. The molecule has 1 N–H and O–H groups in total. The van der Waals surface area contributed by atoms with Gasteiger partial charge in [0.1, 0.15) is 5.75 Å². The van der Waals surface area contributed by atoms with E-state index >= 15 is 0 Å². The average molecular weight is 286 g/mol. The normalized spacial score (nSPS) is 12.0. The maximum Gasteiger partial charge on any atom is 0.122 e. The molecule has 1 atom stereocenters. The number of rotatable bonds is 7. The number of ether oxygens (including phenoxy) is 1. The number of aliphatic hydroxyl groups excluding tert-OH is 1. The number of methoxy groups -OCH3 is 1. The summed E-state index contributed by atoms with van der Waals surface area (Å²) in [6.07, 6.45) is 2.12. The molecule has 0 saturated carbocycles. The third-order valence-corrected chi connectivity index (χ3v) is 3.40. The first-order chi connectivity index (χ1) is 10.2. The molecule has 4 heteroatoms. The van der Waals surface area contributed by atoms with Gasteiger partial charge in [0, 0.05) is 24.5 Å². The summed E-state index contributed by atoms with van der Waals surface area (Å²) in [5, 5.41) is 9.98. The summed E-state index contributed by atoms with van der Waals surface area (Å²) < 4.78 is 5.24. The van der Waals surface area contributed by atoms with Gasteiger partial charge in [-0.3, -0.25) is 4.98 Å². The van der Waals surface area contributed by atoms with Crippen molar-refractivity contribution < 1.29 is 9.84 Å². The minimum atomic E-state index is -0.351. The zero-order valence-corrected chi connectivity index (χ0v) is 12.6. The second-order valence-corrected chi connectivity index (χ2v) is 4.97. The summed E-state index contributed by atoms with van der Waals surface area (Å²) in [5.74, 6) is 0.795. The Morgan fingerprint density at radius 3 is 2.67 bits per heavy atom. The van der Waals surface area contributed by atoms with Gasteiger partial charge < -0.3 is 14.7 Å². The molecule has 0 saturated heterocycles. The van der Waals surface area contributed by atoms with Crippen LogP contribution in [-0.4, -0.2) is 29.8 Å². The zero-order chi connectivity index (χ0) is 15.1. The average Bonchev–Trinajstić information content (AvgIpc) is 2.55. The van der Waals surface area contributed by atoms with Crippen LogP contribution in [0.15, 0.2) is 48.7 Å². The highest BCUT2D eigenvalue weighted by Crippen LogP contribution is 2.19. The third kappa shape index (κ3) is 4.46. The highest BCUT2D eigenvalue weighted by Gasteiger charge is 2.12. The predicted octanol–water partition coefficient (Wildman–Crippen LogP) is 2.87. The molecule has 0 fully saturated rings. The number of pyridine rings is 1. The van der Waals surface area contributed by atoms with E-state index in [1.807, 2.05) is 49.4 Å². The largest absolute Gasteiger partial charge is 0.497 e. The summed E-state index contributed by atoms with van der Waals surface area (Å²) in [5.41, 5.74) is 2.00. The van der Waals surface area contributed by atoms with Crippen LogP contribution in [0.5, 0.6) is 5.75 Å². The van der Waals surface area contributed by atoms with E-state index < -0.39 is 0 Å². The van der Waals surface area contributed by atoms with Gasteiger partial charge in [0.25, 0.3) is 0 Å². The fourth-order valence-corrected chi connectivity index (χ4v) is 2.15. The second kappa shape index (κ2) is 7.64. The number of benzene rings is 1. The predicted molar refractivity (Wildman–Crippen MR) is 84.6 cm³/mol. The number of hydrogen-bond acceptors (Lipinski definition) is 4. The molecule has 0 aliphatic heterocycles. The van der Waals surface area contributed by atoms with Crippen LogP contribution >= 0.6 is 0 Å². The molecule has 0 bridgehead atoms. The number of nitrogens with zero attached hydrogens (tertiary/aromatic N) is 2. The van der Waals surface area contributed by atoms with Crippen molar-refractivity contribution in [2.75, 3.05) is 18.6 Å². The first-order valence-corrected chi connectivity index (χ1v) is 7.20. The van der Waals surface area contributed by atoms with Crippen LogP contribution in [-0.2, 0) is 6.54 Å². The van der Waals surface area contributed by atoms with Crippen LogP contribution in [0.3, 0.4) is 0 Å². The van der Waals surface area contributed by atoms with Crippen LogP contribution < -0.4 is 9.64 Å². The van der Waals surface area contributed by atoms with Gasteiger partial charge in [-0.2, -0.15) is 0 Å². The van der Waals surface area contributed by atoms with E-state index in [1.165, 1.54) is 0 Å². The Hall–Kier alpha value is -2.07. The molecule has 0 spiro atoms. The smallest absolute Gasteiger partial charge is 0.122 e. The van der Waals surface area contributed by atoms with Crippen LogP contribution in [0.4, 0.5) is 5.69 Å². The summed E-state index contributed by atoms with van der Waals surface area (Å²) >= 11 is 0. The van der Waals surface area contributed by atoms with E-state index in [4.69, 9.17) is 4.74 Å². The van der Waals surface area contributed by atoms with Crippen molar-refractivity contribution in [1.82, 2.24) is 4.98 Å². The Morgan fingerprint density at radius 1 is 1.24 bits per heavy atom. The van der Waals surface area contributed by atoms with Gasteiger partial charge in [-0.1, -0.05) is 25.1 Å². The first-order valence-electron chi connectivity index (χ1n) is 7.20. The third-order valence-electron chi connectivity index (χ3n) is 3.40. The van der Waals surface area contributed by atoms with E-state index in [0.717, 1.165) is 23.6 Å². The molecule has 2 rings (SSSR count). The van der Waals surface area contributed by atoms with Crippen molar-refractivity contribution in [1.29, 1.82) is 0 Å². The van der Waals surface area contributed by atoms with Crippen molar-refractivity contribution in [2.24, 2.45) is 0 Å². The Labute approximate surface area is 126 Å². The van der Waals surface area contributed by atoms with Crippen LogP contribution in [0.25, 0.3) is 0 Å². The van der Waals surface area contributed by atoms with Crippen molar-refractivity contribution in [3.63, 3.8) is 0 Å². The fourth-order valence-electron chi connectivity index (χ4n) is 2.15. The number of aromatic nitrogens is 1.